The van der Waals surface area contributed by atoms with Crippen molar-refractivity contribution in [3.8, 4) is 5.88 Å². The number of benzene rings is 3. The van der Waals surface area contributed by atoms with Crippen LogP contribution in [0.3, 0.4) is 0 Å². The van der Waals surface area contributed by atoms with Gasteiger partial charge < -0.3 is 20.3 Å². The molecule has 3 fully saturated rings. The van der Waals surface area contributed by atoms with Crippen molar-refractivity contribution in [2.24, 2.45) is 10.9 Å². The van der Waals surface area contributed by atoms with E-state index in [4.69, 9.17) is 4.99 Å². The van der Waals surface area contributed by atoms with Crippen LogP contribution in [0.4, 0.5) is 0 Å². The van der Waals surface area contributed by atoms with E-state index in [2.05, 4.69) is 15.2 Å². The SMILES string of the molecule is O=C(NCc1ccccc1)c1ccc2[nH]c(O)c(C(=NC3CN4CCC3CC4)c3ccccc3)c2c1. The first-order chi connectivity index (χ1) is 17.7. The zero-order valence-corrected chi connectivity index (χ0v) is 20.2. The van der Waals surface area contributed by atoms with Crippen molar-refractivity contribution in [2.75, 3.05) is 19.6 Å². The minimum Gasteiger partial charge on any atom is -0.494 e. The van der Waals surface area contributed by atoms with Gasteiger partial charge >= 0.3 is 0 Å². The van der Waals surface area contributed by atoms with E-state index < -0.39 is 0 Å². The Bertz CT molecular complexity index is 1400. The Kier molecular flexibility index (Phi) is 6.03. The van der Waals surface area contributed by atoms with E-state index in [0.717, 1.165) is 47.4 Å². The molecule has 0 aliphatic carbocycles. The molecule has 0 spiro atoms. The first-order valence-electron chi connectivity index (χ1n) is 12.7. The number of nitrogens with one attached hydrogen (secondary N) is 2. The molecule has 1 aromatic heterocycles. The second kappa shape index (κ2) is 9.63. The molecular formula is C30H30N4O2. The van der Waals surface area contributed by atoms with Crippen molar-refractivity contribution in [1.82, 2.24) is 15.2 Å². The summed E-state index contributed by atoms with van der Waals surface area (Å²) in [6.45, 7) is 3.71. The van der Waals surface area contributed by atoms with Gasteiger partial charge in [-0.1, -0.05) is 60.7 Å². The summed E-state index contributed by atoms with van der Waals surface area (Å²) in [5, 5.41) is 14.9. The maximum absolute atomic E-state index is 13.0. The van der Waals surface area contributed by atoms with Crippen LogP contribution in [0.15, 0.2) is 83.9 Å². The third-order valence-corrected chi connectivity index (χ3v) is 7.54. The van der Waals surface area contributed by atoms with Gasteiger partial charge in [-0.15, -0.1) is 0 Å². The van der Waals surface area contributed by atoms with Gasteiger partial charge in [-0.2, -0.15) is 0 Å². The van der Waals surface area contributed by atoms with Crippen molar-refractivity contribution in [3.63, 3.8) is 0 Å². The molecular weight excluding hydrogens is 448 g/mol. The predicted octanol–water partition coefficient (Wildman–Crippen LogP) is 4.74. The van der Waals surface area contributed by atoms with E-state index in [-0.39, 0.29) is 17.8 Å². The third-order valence-electron chi connectivity index (χ3n) is 7.54. The average Bonchev–Trinajstić information content (AvgIpc) is 3.26. The average molecular weight is 479 g/mol. The minimum absolute atomic E-state index is 0.0794. The largest absolute Gasteiger partial charge is 0.494 e. The molecule has 4 heterocycles. The van der Waals surface area contributed by atoms with Crippen LogP contribution in [0.5, 0.6) is 5.88 Å². The zero-order chi connectivity index (χ0) is 24.5. The Hall–Kier alpha value is -3.90. The number of hydrogen-bond acceptors (Lipinski definition) is 4. The highest BCUT2D eigenvalue weighted by molar-refractivity contribution is 6.21. The van der Waals surface area contributed by atoms with E-state index >= 15 is 0 Å². The third kappa shape index (κ3) is 4.40. The molecule has 0 radical (unpaired) electrons. The van der Waals surface area contributed by atoms with Crippen LogP contribution in [0, 0.1) is 5.92 Å². The number of nitrogens with zero attached hydrogens (tertiary/aromatic N) is 2. The fourth-order valence-corrected chi connectivity index (χ4v) is 5.56. The van der Waals surface area contributed by atoms with Gasteiger partial charge in [0, 0.05) is 35.1 Å². The monoisotopic (exact) mass is 478 g/mol. The van der Waals surface area contributed by atoms with Gasteiger partial charge in [0.05, 0.1) is 17.3 Å². The standard InChI is InChI=1S/C30H30N4O2/c35-29(31-18-20-7-3-1-4-8-20)23-11-12-25-24(17-23)27(30(36)33-25)28(22-9-5-2-6-10-22)32-26-19-34-15-13-21(26)14-16-34/h1-12,17,21,26,33,36H,13-16,18-19H2,(H,31,35). The molecule has 36 heavy (non-hydrogen) atoms. The molecule has 1 unspecified atom stereocenters. The number of carbonyl (C=O) groups is 1. The number of fused-ring (bicyclic) bond motifs is 4. The van der Waals surface area contributed by atoms with Gasteiger partial charge in [-0.3, -0.25) is 9.79 Å². The normalized spacial score (nSPS) is 21.6. The minimum atomic E-state index is -0.150. The lowest BCUT2D eigenvalue weighted by Gasteiger charge is -2.43. The maximum atomic E-state index is 13.0. The second-order valence-electron chi connectivity index (χ2n) is 9.83. The number of rotatable bonds is 6. The highest BCUT2D eigenvalue weighted by atomic mass is 16.3. The molecule has 1 atom stereocenters. The molecule has 1 amide bonds. The van der Waals surface area contributed by atoms with E-state index in [1.165, 1.54) is 12.8 Å². The van der Waals surface area contributed by atoms with Crippen LogP contribution in [-0.2, 0) is 6.54 Å². The Morgan fingerprint density at radius 3 is 2.39 bits per heavy atom. The van der Waals surface area contributed by atoms with Crippen molar-refractivity contribution in [1.29, 1.82) is 0 Å². The Balaban J connectivity index is 1.38. The summed E-state index contributed by atoms with van der Waals surface area (Å²) >= 11 is 0. The quantitative estimate of drug-likeness (QED) is 0.350. The van der Waals surface area contributed by atoms with Crippen LogP contribution in [0.25, 0.3) is 10.9 Å². The predicted molar refractivity (Wildman–Crippen MR) is 143 cm³/mol. The number of aromatic nitrogens is 1. The van der Waals surface area contributed by atoms with E-state index in [1.807, 2.05) is 72.8 Å². The first-order valence-corrected chi connectivity index (χ1v) is 12.7. The lowest BCUT2D eigenvalue weighted by molar-refractivity contribution is 0.0907. The number of piperidine rings is 3. The highest BCUT2D eigenvalue weighted by Crippen LogP contribution is 2.34. The lowest BCUT2D eigenvalue weighted by Crippen LogP contribution is -2.49. The summed E-state index contributed by atoms with van der Waals surface area (Å²) in [5.74, 6) is 0.499. The molecule has 3 aromatic carbocycles. The van der Waals surface area contributed by atoms with E-state index in [0.29, 0.717) is 23.6 Å². The summed E-state index contributed by atoms with van der Waals surface area (Å²) in [4.78, 5) is 23.9. The summed E-state index contributed by atoms with van der Waals surface area (Å²) < 4.78 is 0. The number of hydrogen-bond donors (Lipinski definition) is 3. The zero-order valence-electron chi connectivity index (χ0n) is 20.2. The molecule has 4 aromatic rings. The van der Waals surface area contributed by atoms with Crippen LogP contribution in [-0.4, -0.2) is 52.3 Å². The van der Waals surface area contributed by atoms with Crippen LogP contribution < -0.4 is 5.32 Å². The van der Waals surface area contributed by atoms with E-state index in [9.17, 15) is 9.90 Å². The molecule has 6 heteroatoms. The van der Waals surface area contributed by atoms with E-state index in [1.54, 1.807) is 6.07 Å². The fraction of sp³-hybridized carbons (Fsp3) is 0.267. The van der Waals surface area contributed by atoms with Crippen LogP contribution in [0.1, 0.15) is 39.9 Å². The Labute approximate surface area is 210 Å². The Morgan fingerprint density at radius 2 is 1.69 bits per heavy atom. The second-order valence-corrected chi connectivity index (χ2v) is 9.83. The summed E-state index contributed by atoms with van der Waals surface area (Å²) in [5.41, 5.74) is 4.77. The Morgan fingerprint density at radius 1 is 0.972 bits per heavy atom. The molecule has 3 saturated heterocycles. The van der Waals surface area contributed by atoms with Crippen molar-refractivity contribution in [2.45, 2.75) is 25.4 Å². The summed E-state index contributed by atoms with van der Waals surface area (Å²) in [6, 6.07) is 25.6. The topological polar surface area (TPSA) is 80.7 Å². The van der Waals surface area contributed by atoms with Gasteiger partial charge in [-0.25, -0.2) is 0 Å². The molecule has 182 valence electrons. The van der Waals surface area contributed by atoms with Gasteiger partial charge in [0.15, 0.2) is 5.88 Å². The molecule has 7 rings (SSSR count). The van der Waals surface area contributed by atoms with Gasteiger partial charge in [0.25, 0.3) is 5.91 Å². The molecule has 2 bridgehead atoms. The van der Waals surface area contributed by atoms with Crippen molar-refractivity contribution in [3.05, 3.63) is 101 Å². The lowest BCUT2D eigenvalue weighted by atomic mass is 9.84. The van der Waals surface area contributed by atoms with Gasteiger partial charge in [0.2, 0.25) is 0 Å². The number of carbonyl (C=O) groups excluding carboxylic acids is 1. The summed E-state index contributed by atoms with van der Waals surface area (Å²) in [6.07, 6.45) is 2.34. The smallest absolute Gasteiger partial charge is 0.251 e. The first kappa shape index (κ1) is 22.6. The van der Waals surface area contributed by atoms with Crippen molar-refractivity contribution < 1.29 is 9.90 Å². The number of H-pyrrole nitrogens is 1. The molecule has 3 aliphatic rings. The van der Waals surface area contributed by atoms with Crippen LogP contribution in [0.2, 0.25) is 0 Å². The van der Waals surface area contributed by atoms with Gasteiger partial charge in [-0.05, 0) is 55.6 Å². The highest BCUT2D eigenvalue weighted by Gasteiger charge is 2.34. The van der Waals surface area contributed by atoms with Crippen molar-refractivity contribution >= 4 is 22.5 Å². The molecule has 6 nitrogen and oxygen atoms in total. The number of aromatic amines is 1. The number of amides is 1. The number of aromatic hydroxyl groups is 1. The van der Waals surface area contributed by atoms with Gasteiger partial charge in [0.1, 0.15) is 0 Å². The molecule has 0 saturated carbocycles. The molecule has 3 aliphatic heterocycles. The molecule has 3 N–H and O–H groups in total. The maximum Gasteiger partial charge on any atom is 0.251 e. The fourth-order valence-electron chi connectivity index (χ4n) is 5.56. The number of aliphatic imine (C=N–C) groups is 1. The van der Waals surface area contributed by atoms with Crippen LogP contribution >= 0.6 is 0 Å². The summed E-state index contributed by atoms with van der Waals surface area (Å²) in [7, 11) is 0.